The number of guanidine groups is 1. The van der Waals surface area contributed by atoms with Crippen LogP contribution in [0.5, 0.6) is 11.8 Å². The SMILES string of the molecule is CC(=Nc1ccnc(OCCCc2nc(C)c(CCc3ccccc3)c(=O)[nH]2)c1)NC(=O)OC(C)(C)C.Cc1nc(CCCOc2cc(N=C(N)N)ccn2)[nH]c(=O)c1CCc1ccccc1. The summed E-state index contributed by atoms with van der Waals surface area (Å²) in [5.41, 5.74) is 16.6. The van der Waals surface area contributed by atoms with Crippen LogP contribution in [0.25, 0.3) is 0 Å². The van der Waals surface area contributed by atoms with E-state index in [2.05, 4.69) is 69.5 Å². The summed E-state index contributed by atoms with van der Waals surface area (Å²) in [6.45, 7) is 11.6. The van der Waals surface area contributed by atoms with Crippen molar-refractivity contribution in [2.24, 2.45) is 21.5 Å². The highest BCUT2D eigenvalue weighted by molar-refractivity contribution is 5.95. The number of H-pyrrole nitrogens is 2. The summed E-state index contributed by atoms with van der Waals surface area (Å²) in [5.74, 6) is 2.52. The number of pyridine rings is 2. The second kappa shape index (κ2) is 25.1. The zero-order chi connectivity index (χ0) is 48.2. The molecule has 0 aliphatic rings. The lowest BCUT2D eigenvalue weighted by Gasteiger charge is -2.19. The average Bonchev–Trinajstić information content (AvgIpc) is 3.26. The fourth-order valence-corrected chi connectivity index (χ4v) is 6.74. The third-order valence-electron chi connectivity index (χ3n) is 9.85. The standard InChI is InChI=1S/C28H35N5O4.C22H26N6O2/c1-19-23(14-13-21-10-7-6-8-11-21)26(34)33-24(30-19)12-9-17-36-25-18-22(15-16-29-25)31-20(2)32-27(35)37-28(3,4)5;1-15-18(10-9-16-6-3-2-4-7-16)21(29)28-19(26-15)8-5-13-30-20-14-17(11-12-25-20)27-22(23)24/h6-8,10-11,15-16,18H,9,12-14,17H2,1-5H3,(H,30,33,34)(H,29,31,32,35);2-4,6-7,11-12,14H,5,8-10,13H2,1H3,(H,26,28,29)(H4,23,24,25,27). The molecule has 6 aromatic rings. The van der Waals surface area contributed by atoms with Crippen LogP contribution in [0.2, 0.25) is 0 Å². The van der Waals surface area contributed by atoms with E-state index >= 15 is 0 Å². The molecule has 6 rings (SSSR count). The Hall–Kier alpha value is -7.69. The van der Waals surface area contributed by atoms with Crippen molar-refractivity contribution in [2.75, 3.05) is 13.2 Å². The molecule has 0 bridgehead atoms. The lowest BCUT2D eigenvalue weighted by molar-refractivity contribution is 0.0563. The second-order valence-electron chi connectivity index (χ2n) is 16.6. The Labute approximate surface area is 390 Å². The highest BCUT2D eigenvalue weighted by Gasteiger charge is 2.17. The van der Waals surface area contributed by atoms with Crippen molar-refractivity contribution in [1.82, 2.24) is 35.2 Å². The van der Waals surface area contributed by atoms with Crippen LogP contribution in [0.1, 0.15) is 85.8 Å². The molecule has 0 saturated carbocycles. The summed E-state index contributed by atoms with van der Waals surface area (Å²) >= 11 is 0. The number of nitrogens with two attached hydrogens (primary N) is 2. The molecule has 17 nitrogen and oxygen atoms in total. The third kappa shape index (κ3) is 18.0. The maximum Gasteiger partial charge on any atom is 0.413 e. The van der Waals surface area contributed by atoms with Gasteiger partial charge in [-0.15, -0.1) is 0 Å². The van der Waals surface area contributed by atoms with Crippen LogP contribution < -0.4 is 37.4 Å². The topological polar surface area (TPSA) is 251 Å². The number of amides is 1. The van der Waals surface area contributed by atoms with Gasteiger partial charge in [0.25, 0.3) is 11.1 Å². The van der Waals surface area contributed by atoms with Crippen molar-refractivity contribution in [1.29, 1.82) is 0 Å². The van der Waals surface area contributed by atoms with Crippen molar-refractivity contribution < 1.29 is 19.0 Å². The van der Waals surface area contributed by atoms with Gasteiger partial charge >= 0.3 is 6.09 Å². The van der Waals surface area contributed by atoms with Gasteiger partial charge in [0.05, 0.1) is 24.6 Å². The van der Waals surface area contributed by atoms with Crippen molar-refractivity contribution >= 4 is 29.3 Å². The number of carbonyl (C=O) groups excluding carboxylic acids is 1. The van der Waals surface area contributed by atoms with Crippen LogP contribution in [0.3, 0.4) is 0 Å². The molecule has 0 radical (unpaired) electrons. The maximum atomic E-state index is 12.6. The molecule has 0 saturated heterocycles. The summed E-state index contributed by atoms with van der Waals surface area (Å²) in [5, 5.41) is 2.60. The minimum atomic E-state index is -0.590. The van der Waals surface area contributed by atoms with Crippen LogP contribution in [-0.4, -0.2) is 66.6 Å². The zero-order valence-electron chi connectivity index (χ0n) is 39.1. The second-order valence-corrected chi connectivity index (χ2v) is 16.6. The molecule has 1 amide bonds. The van der Waals surface area contributed by atoms with E-state index in [1.165, 1.54) is 11.1 Å². The molecule has 17 heteroatoms. The number of carbonyl (C=O) groups is 1. The number of aromatic amines is 2. The van der Waals surface area contributed by atoms with Crippen molar-refractivity contribution in [3.63, 3.8) is 0 Å². The Morgan fingerprint density at radius 1 is 0.657 bits per heavy atom. The number of nitrogens with one attached hydrogen (secondary N) is 3. The number of ether oxygens (including phenoxy) is 3. The van der Waals surface area contributed by atoms with Crippen molar-refractivity contribution in [2.45, 2.75) is 98.5 Å². The van der Waals surface area contributed by atoms with Gasteiger partial charge in [0.1, 0.15) is 23.1 Å². The predicted molar refractivity (Wildman–Crippen MR) is 261 cm³/mol. The fraction of sp³-hybridized carbons (Fsp3) is 0.340. The lowest BCUT2D eigenvalue weighted by Crippen LogP contribution is -2.35. The van der Waals surface area contributed by atoms with Gasteiger partial charge in [0, 0.05) is 59.9 Å². The molecule has 67 heavy (non-hydrogen) atoms. The van der Waals surface area contributed by atoms with Crippen LogP contribution in [0, 0.1) is 13.8 Å². The van der Waals surface area contributed by atoms with Crippen molar-refractivity contribution in [3.8, 4) is 11.8 Å². The number of benzene rings is 2. The number of hydrogen-bond donors (Lipinski definition) is 5. The third-order valence-corrected chi connectivity index (χ3v) is 9.85. The van der Waals surface area contributed by atoms with Gasteiger partial charge in [0.15, 0.2) is 5.96 Å². The normalized spacial score (nSPS) is 11.2. The van der Waals surface area contributed by atoms with Crippen LogP contribution in [-0.2, 0) is 43.3 Å². The molecular weight excluding hydrogens is 851 g/mol. The number of amidine groups is 1. The molecule has 0 atom stereocenters. The van der Waals surface area contributed by atoms with Crippen molar-refractivity contribution in [3.05, 3.63) is 163 Å². The number of aryl methyl sites for hydroxylation is 6. The monoisotopic (exact) mass is 911 g/mol. The number of aliphatic imine (C=N–C) groups is 2. The molecule has 4 aromatic heterocycles. The molecule has 0 aliphatic carbocycles. The van der Waals surface area contributed by atoms with Gasteiger partial charge in [-0.25, -0.2) is 34.7 Å². The van der Waals surface area contributed by atoms with E-state index in [4.69, 9.17) is 25.7 Å². The van der Waals surface area contributed by atoms with Crippen LogP contribution in [0.15, 0.2) is 117 Å². The Morgan fingerprint density at radius 3 is 1.52 bits per heavy atom. The van der Waals surface area contributed by atoms with Gasteiger partial charge in [-0.3, -0.25) is 14.9 Å². The van der Waals surface area contributed by atoms with Gasteiger partial charge in [-0.1, -0.05) is 60.7 Å². The molecule has 0 aliphatic heterocycles. The highest BCUT2D eigenvalue weighted by Crippen LogP contribution is 2.19. The van der Waals surface area contributed by atoms with E-state index in [0.717, 1.165) is 35.4 Å². The van der Waals surface area contributed by atoms with Gasteiger partial charge < -0.3 is 35.6 Å². The Kier molecular flexibility index (Phi) is 18.9. The number of aromatic nitrogens is 6. The molecule has 4 heterocycles. The largest absolute Gasteiger partial charge is 0.478 e. The molecule has 0 unspecified atom stereocenters. The summed E-state index contributed by atoms with van der Waals surface area (Å²) in [6.07, 6.45) is 8.04. The van der Waals surface area contributed by atoms with E-state index in [1.807, 2.05) is 50.2 Å². The lowest BCUT2D eigenvalue weighted by atomic mass is 10.0. The quantitative estimate of drug-likeness (QED) is 0.0332. The number of hydrogen-bond acceptors (Lipinski definition) is 12. The summed E-state index contributed by atoms with van der Waals surface area (Å²) in [7, 11) is 0. The first-order chi connectivity index (χ1) is 32.1. The minimum absolute atomic E-state index is 0.0234. The number of alkyl carbamates (subject to hydrolysis) is 1. The van der Waals surface area contributed by atoms with Crippen LogP contribution >= 0.6 is 0 Å². The van der Waals surface area contributed by atoms with Gasteiger partial charge in [-0.2, -0.15) is 0 Å². The summed E-state index contributed by atoms with van der Waals surface area (Å²) in [6, 6.07) is 27.0. The first-order valence-corrected chi connectivity index (χ1v) is 22.2. The summed E-state index contributed by atoms with van der Waals surface area (Å²) < 4.78 is 16.6. The molecule has 2 aromatic carbocycles. The summed E-state index contributed by atoms with van der Waals surface area (Å²) in [4.78, 5) is 68.6. The average molecular weight is 912 g/mol. The number of rotatable bonds is 18. The first-order valence-electron chi connectivity index (χ1n) is 22.2. The van der Waals surface area contributed by atoms with E-state index in [-0.39, 0.29) is 17.1 Å². The first kappa shape index (κ1) is 50.3. The molecule has 352 valence electrons. The minimum Gasteiger partial charge on any atom is -0.478 e. The predicted octanol–water partition coefficient (Wildman–Crippen LogP) is 7.02. The zero-order valence-corrected chi connectivity index (χ0v) is 39.1. The van der Waals surface area contributed by atoms with Gasteiger partial charge in [-0.05, 0) is 103 Å². The van der Waals surface area contributed by atoms with E-state index in [0.29, 0.717) is 92.4 Å². The molecule has 0 spiro atoms. The van der Waals surface area contributed by atoms with E-state index in [1.54, 1.807) is 64.4 Å². The number of nitrogens with zero attached hydrogens (tertiary/aromatic N) is 6. The molecule has 7 N–H and O–H groups in total. The fourth-order valence-electron chi connectivity index (χ4n) is 6.74. The van der Waals surface area contributed by atoms with Gasteiger partial charge in [0.2, 0.25) is 11.8 Å². The van der Waals surface area contributed by atoms with E-state index < -0.39 is 11.7 Å². The smallest absolute Gasteiger partial charge is 0.413 e. The Morgan fingerprint density at radius 2 is 1.10 bits per heavy atom. The Bertz CT molecular complexity index is 2710. The maximum absolute atomic E-state index is 12.6. The van der Waals surface area contributed by atoms with Crippen LogP contribution in [0.4, 0.5) is 16.2 Å². The molecular formula is C50H61N11O6. The van der Waals surface area contributed by atoms with E-state index in [9.17, 15) is 14.4 Å². The molecule has 0 fully saturated rings. The Balaban J connectivity index is 0.000000256. The highest BCUT2D eigenvalue weighted by atomic mass is 16.6.